The number of nitrogens with zero attached hydrogens (tertiary/aromatic N) is 2. The third kappa shape index (κ3) is 1.96. The fourth-order valence-corrected chi connectivity index (χ4v) is 2.81. The Morgan fingerprint density at radius 3 is 2.76 bits per heavy atom. The van der Waals surface area contributed by atoms with Crippen molar-refractivity contribution in [3.05, 3.63) is 48.2 Å². The summed E-state index contributed by atoms with van der Waals surface area (Å²) < 4.78 is 7.39. The van der Waals surface area contributed by atoms with Crippen LogP contribution in [0, 0.1) is 0 Å². The van der Waals surface area contributed by atoms with Crippen LogP contribution in [-0.4, -0.2) is 12.1 Å². The van der Waals surface area contributed by atoms with Crippen LogP contribution in [0.1, 0.15) is 5.56 Å². The van der Waals surface area contributed by atoms with Gasteiger partial charge in [-0.2, -0.15) is 0 Å². The average Bonchev–Trinajstić information content (AvgIpc) is 2.82. The van der Waals surface area contributed by atoms with Crippen LogP contribution in [0.15, 0.2) is 47.6 Å². The van der Waals surface area contributed by atoms with Crippen molar-refractivity contribution in [3.63, 3.8) is 0 Å². The zero-order valence-electron chi connectivity index (χ0n) is 9.46. The maximum atomic E-state index is 5.16. The van der Waals surface area contributed by atoms with E-state index in [1.54, 1.807) is 19.1 Å². The number of benzene rings is 1. The van der Waals surface area contributed by atoms with Gasteiger partial charge in [0.05, 0.1) is 13.7 Å². The molecule has 0 radical (unpaired) electrons. The Labute approximate surface area is 105 Å². The standard InChI is InChI=1S/C13H12N2OS/c1-16-12-6-4-11(5-7-12)15-9-10-3-2-8-14-13(10)17-15/h2-8H,9H2,1H3. The van der Waals surface area contributed by atoms with E-state index in [1.807, 2.05) is 24.4 Å². The van der Waals surface area contributed by atoms with Crippen LogP contribution in [0.4, 0.5) is 5.69 Å². The van der Waals surface area contributed by atoms with E-state index in [0.717, 1.165) is 17.3 Å². The molecule has 17 heavy (non-hydrogen) atoms. The van der Waals surface area contributed by atoms with E-state index < -0.39 is 0 Å². The highest BCUT2D eigenvalue weighted by atomic mass is 32.2. The van der Waals surface area contributed by atoms with Gasteiger partial charge in [-0.25, -0.2) is 4.98 Å². The van der Waals surface area contributed by atoms with Gasteiger partial charge >= 0.3 is 0 Å². The number of rotatable bonds is 2. The van der Waals surface area contributed by atoms with Gasteiger partial charge in [-0.3, -0.25) is 0 Å². The van der Waals surface area contributed by atoms with Gasteiger partial charge in [0.25, 0.3) is 0 Å². The van der Waals surface area contributed by atoms with Gasteiger partial charge in [-0.15, -0.1) is 0 Å². The Balaban J connectivity index is 1.83. The van der Waals surface area contributed by atoms with Crippen LogP contribution in [0.3, 0.4) is 0 Å². The van der Waals surface area contributed by atoms with Gasteiger partial charge in [0.2, 0.25) is 0 Å². The molecule has 0 aliphatic carbocycles. The lowest BCUT2D eigenvalue weighted by molar-refractivity contribution is 0.415. The van der Waals surface area contributed by atoms with Crippen LogP contribution < -0.4 is 9.04 Å². The highest BCUT2D eigenvalue weighted by Gasteiger charge is 2.21. The van der Waals surface area contributed by atoms with Crippen LogP contribution in [0.25, 0.3) is 0 Å². The zero-order chi connectivity index (χ0) is 11.7. The number of anilines is 1. The Hall–Kier alpha value is -1.68. The SMILES string of the molecule is COc1ccc(N2Cc3cccnc3S2)cc1. The summed E-state index contributed by atoms with van der Waals surface area (Å²) >= 11 is 1.68. The highest BCUT2D eigenvalue weighted by Crippen LogP contribution is 2.38. The topological polar surface area (TPSA) is 25.4 Å². The minimum atomic E-state index is 0.883. The largest absolute Gasteiger partial charge is 0.497 e. The number of ether oxygens (including phenoxy) is 1. The molecule has 0 N–H and O–H groups in total. The van der Waals surface area contributed by atoms with Crippen molar-refractivity contribution in [2.75, 3.05) is 11.4 Å². The fourth-order valence-electron chi connectivity index (χ4n) is 1.81. The Morgan fingerprint density at radius 1 is 1.24 bits per heavy atom. The van der Waals surface area contributed by atoms with Crippen LogP contribution in [0.5, 0.6) is 5.75 Å². The summed E-state index contributed by atoms with van der Waals surface area (Å²) in [6, 6.07) is 12.2. The zero-order valence-corrected chi connectivity index (χ0v) is 10.3. The summed E-state index contributed by atoms with van der Waals surface area (Å²) in [5, 5.41) is 1.10. The predicted octanol–water partition coefficient (Wildman–Crippen LogP) is 3.12. The second-order valence-electron chi connectivity index (χ2n) is 3.79. The van der Waals surface area contributed by atoms with E-state index in [4.69, 9.17) is 4.74 Å². The molecule has 86 valence electrons. The highest BCUT2D eigenvalue weighted by molar-refractivity contribution is 8.00. The molecule has 2 heterocycles. The summed E-state index contributed by atoms with van der Waals surface area (Å²) in [4.78, 5) is 4.37. The van der Waals surface area contributed by atoms with Crippen LogP contribution in [-0.2, 0) is 6.54 Å². The van der Waals surface area contributed by atoms with Gasteiger partial charge in [0.15, 0.2) is 0 Å². The second kappa shape index (κ2) is 4.30. The Kier molecular flexibility index (Phi) is 2.65. The number of hydrogen-bond acceptors (Lipinski definition) is 4. The lowest BCUT2D eigenvalue weighted by Gasteiger charge is -2.15. The van der Waals surface area contributed by atoms with Crippen LogP contribution >= 0.6 is 11.9 Å². The summed E-state index contributed by atoms with van der Waals surface area (Å²) in [6.45, 7) is 0.903. The predicted molar refractivity (Wildman–Crippen MR) is 69.3 cm³/mol. The monoisotopic (exact) mass is 244 g/mol. The molecule has 3 rings (SSSR count). The summed E-state index contributed by atoms with van der Waals surface area (Å²) in [7, 11) is 1.68. The van der Waals surface area contributed by atoms with Crippen LogP contribution in [0.2, 0.25) is 0 Å². The molecule has 1 aromatic heterocycles. The first-order chi connectivity index (χ1) is 8.36. The summed E-state index contributed by atoms with van der Waals surface area (Å²) in [5.41, 5.74) is 2.46. The molecule has 0 bridgehead atoms. The van der Waals surface area contributed by atoms with Crippen molar-refractivity contribution in [2.24, 2.45) is 0 Å². The quantitative estimate of drug-likeness (QED) is 0.758. The lowest BCUT2D eigenvalue weighted by Crippen LogP contribution is -2.06. The van der Waals surface area contributed by atoms with E-state index in [0.29, 0.717) is 0 Å². The van der Waals surface area contributed by atoms with Crippen molar-refractivity contribution in [1.29, 1.82) is 0 Å². The molecule has 0 fully saturated rings. The molecule has 0 unspecified atom stereocenters. The third-order valence-corrected chi connectivity index (χ3v) is 3.82. The molecule has 0 atom stereocenters. The van der Waals surface area contributed by atoms with Crippen molar-refractivity contribution < 1.29 is 4.74 Å². The van der Waals surface area contributed by atoms with Crippen molar-refractivity contribution in [1.82, 2.24) is 4.98 Å². The molecule has 0 spiro atoms. The van der Waals surface area contributed by atoms with E-state index >= 15 is 0 Å². The lowest BCUT2D eigenvalue weighted by atomic mass is 10.2. The van der Waals surface area contributed by atoms with Gasteiger partial charge < -0.3 is 9.04 Å². The van der Waals surface area contributed by atoms with Gasteiger partial charge in [-0.1, -0.05) is 6.07 Å². The molecule has 0 saturated carbocycles. The number of aromatic nitrogens is 1. The Morgan fingerprint density at radius 2 is 2.06 bits per heavy atom. The first-order valence-electron chi connectivity index (χ1n) is 5.40. The van der Waals surface area contributed by atoms with E-state index in [1.165, 1.54) is 11.3 Å². The molecule has 2 aromatic rings. The smallest absolute Gasteiger partial charge is 0.122 e. The van der Waals surface area contributed by atoms with Gasteiger partial charge in [-0.05, 0) is 30.3 Å². The average molecular weight is 244 g/mol. The van der Waals surface area contributed by atoms with E-state index in [9.17, 15) is 0 Å². The Bertz CT molecular complexity index is 502. The molecule has 0 saturated heterocycles. The number of hydrogen-bond donors (Lipinski definition) is 0. The maximum Gasteiger partial charge on any atom is 0.122 e. The van der Waals surface area contributed by atoms with E-state index in [2.05, 4.69) is 27.5 Å². The van der Waals surface area contributed by atoms with Gasteiger partial charge in [0.1, 0.15) is 10.8 Å². The second-order valence-corrected chi connectivity index (χ2v) is 4.80. The fraction of sp³-hybridized carbons (Fsp3) is 0.154. The third-order valence-electron chi connectivity index (χ3n) is 2.72. The molecular formula is C13H12N2OS. The first kappa shape index (κ1) is 10.5. The minimum absolute atomic E-state index is 0.883. The summed E-state index contributed by atoms with van der Waals surface area (Å²) in [6.07, 6.45) is 1.84. The first-order valence-corrected chi connectivity index (χ1v) is 6.17. The molecule has 1 aromatic carbocycles. The molecule has 0 amide bonds. The molecule has 1 aliphatic heterocycles. The summed E-state index contributed by atoms with van der Waals surface area (Å²) in [5.74, 6) is 0.883. The van der Waals surface area contributed by atoms with Crippen molar-refractivity contribution in [2.45, 2.75) is 11.6 Å². The number of pyridine rings is 1. The molecule has 4 heteroatoms. The van der Waals surface area contributed by atoms with E-state index in [-0.39, 0.29) is 0 Å². The molecular weight excluding hydrogens is 232 g/mol. The molecule has 1 aliphatic rings. The number of methoxy groups -OCH3 is 1. The number of fused-ring (bicyclic) bond motifs is 1. The normalized spacial score (nSPS) is 13.6. The maximum absolute atomic E-state index is 5.16. The van der Waals surface area contributed by atoms with Crippen molar-refractivity contribution >= 4 is 17.6 Å². The van der Waals surface area contributed by atoms with Gasteiger partial charge in [0, 0.05) is 29.4 Å². The minimum Gasteiger partial charge on any atom is -0.497 e. The van der Waals surface area contributed by atoms with Crippen molar-refractivity contribution in [3.8, 4) is 5.75 Å². The molecule has 3 nitrogen and oxygen atoms in total.